The minimum Gasteiger partial charge on any atom is -0.487 e. The topological polar surface area (TPSA) is 84.0 Å². The van der Waals surface area contributed by atoms with E-state index in [2.05, 4.69) is 15.3 Å². The molecule has 0 radical (unpaired) electrons. The molecule has 0 fully saturated rings. The Morgan fingerprint density at radius 2 is 1.49 bits per heavy atom. The number of methoxy groups -OCH3 is 2. The maximum atomic E-state index is 14.7. The van der Waals surface area contributed by atoms with Crippen molar-refractivity contribution in [2.24, 2.45) is 0 Å². The van der Waals surface area contributed by atoms with Gasteiger partial charge in [0, 0.05) is 37.4 Å². The van der Waals surface area contributed by atoms with E-state index in [0.29, 0.717) is 66.1 Å². The van der Waals surface area contributed by atoms with Crippen molar-refractivity contribution in [1.29, 1.82) is 0 Å². The molecule has 1 N–H and O–H groups in total. The van der Waals surface area contributed by atoms with Gasteiger partial charge in [-0.2, -0.15) is 0 Å². The van der Waals surface area contributed by atoms with E-state index < -0.39 is 5.82 Å². The van der Waals surface area contributed by atoms with Crippen LogP contribution in [-0.4, -0.2) is 50.6 Å². The van der Waals surface area contributed by atoms with Crippen LogP contribution in [0.4, 0.5) is 15.9 Å². The van der Waals surface area contributed by atoms with Crippen LogP contribution < -0.4 is 19.5 Å². The van der Waals surface area contributed by atoms with Crippen molar-refractivity contribution in [3.8, 4) is 23.0 Å². The van der Waals surface area contributed by atoms with Crippen molar-refractivity contribution < 1.29 is 28.1 Å². The Bertz CT molecular complexity index is 1260. The van der Waals surface area contributed by atoms with Gasteiger partial charge in [-0.25, -0.2) is 14.4 Å². The highest BCUT2D eigenvalue weighted by Gasteiger charge is 2.14. The summed E-state index contributed by atoms with van der Waals surface area (Å²) < 4.78 is 42.2. The summed E-state index contributed by atoms with van der Waals surface area (Å²) in [6.07, 6.45) is 1.43. The first-order valence-electron chi connectivity index (χ1n) is 11.0. The summed E-state index contributed by atoms with van der Waals surface area (Å²) in [6, 6.07) is 17.2. The molecule has 0 aliphatic carbocycles. The Kier molecular flexibility index (Phi) is 8.26. The SMILES string of the molecule is COCCOc1cc2ncnc(Nc3ccc(Oc4ccccc4)c(F)c3)c2cc1OCCOC. The summed E-state index contributed by atoms with van der Waals surface area (Å²) in [5.74, 6) is 1.71. The third-order valence-corrected chi connectivity index (χ3v) is 4.96. The van der Waals surface area contributed by atoms with Crippen molar-refractivity contribution in [2.75, 3.05) is 46.0 Å². The second kappa shape index (κ2) is 12.0. The fourth-order valence-corrected chi connectivity index (χ4v) is 3.27. The van der Waals surface area contributed by atoms with E-state index in [1.807, 2.05) is 18.2 Å². The average Bonchev–Trinajstić information content (AvgIpc) is 2.87. The van der Waals surface area contributed by atoms with Gasteiger partial charge in [-0.3, -0.25) is 0 Å². The maximum Gasteiger partial charge on any atom is 0.167 e. The van der Waals surface area contributed by atoms with Crippen LogP contribution in [0.5, 0.6) is 23.0 Å². The number of rotatable bonds is 12. The van der Waals surface area contributed by atoms with Crippen LogP contribution in [0.3, 0.4) is 0 Å². The molecule has 1 heterocycles. The van der Waals surface area contributed by atoms with E-state index in [-0.39, 0.29) is 5.75 Å². The van der Waals surface area contributed by atoms with Gasteiger partial charge in [-0.15, -0.1) is 0 Å². The lowest BCUT2D eigenvalue weighted by molar-refractivity contribution is 0.132. The Morgan fingerprint density at radius 1 is 0.771 bits per heavy atom. The minimum atomic E-state index is -0.505. The largest absolute Gasteiger partial charge is 0.487 e. The van der Waals surface area contributed by atoms with E-state index in [1.54, 1.807) is 50.6 Å². The fourth-order valence-electron chi connectivity index (χ4n) is 3.27. The number of fused-ring (bicyclic) bond motifs is 1. The van der Waals surface area contributed by atoms with Crippen LogP contribution in [0, 0.1) is 5.82 Å². The van der Waals surface area contributed by atoms with Crippen LogP contribution >= 0.6 is 0 Å². The van der Waals surface area contributed by atoms with Crippen LogP contribution in [0.1, 0.15) is 0 Å². The van der Waals surface area contributed by atoms with Crippen LogP contribution in [0.2, 0.25) is 0 Å². The van der Waals surface area contributed by atoms with Crippen molar-refractivity contribution in [2.45, 2.75) is 0 Å². The molecule has 35 heavy (non-hydrogen) atoms. The molecule has 0 amide bonds. The van der Waals surface area contributed by atoms with E-state index >= 15 is 0 Å². The predicted octanol–water partition coefficient (Wildman–Crippen LogP) is 5.36. The van der Waals surface area contributed by atoms with Crippen LogP contribution in [0.25, 0.3) is 10.9 Å². The quantitative estimate of drug-likeness (QED) is 0.272. The first-order chi connectivity index (χ1) is 17.2. The van der Waals surface area contributed by atoms with Crippen molar-refractivity contribution in [3.63, 3.8) is 0 Å². The molecule has 0 unspecified atom stereocenters. The summed E-state index contributed by atoms with van der Waals surface area (Å²) in [5.41, 5.74) is 1.14. The highest BCUT2D eigenvalue weighted by atomic mass is 19.1. The molecule has 0 bridgehead atoms. The molecule has 4 aromatic rings. The number of nitrogens with zero attached hydrogens (tertiary/aromatic N) is 2. The molecule has 0 saturated heterocycles. The molecule has 0 atom stereocenters. The second-order valence-corrected chi connectivity index (χ2v) is 7.41. The predicted molar refractivity (Wildman–Crippen MR) is 130 cm³/mol. The highest BCUT2D eigenvalue weighted by molar-refractivity contribution is 5.93. The van der Waals surface area contributed by atoms with Gasteiger partial charge in [-0.1, -0.05) is 18.2 Å². The third kappa shape index (κ3) is 6.34. The summed E-state index contributed by atoms with van der Waals surface area (Å²) in [6.45, 7) is 1.55. The number of nitrogens with one attached hydrogen (secondary N) is 1. The zero-order valence-corrected chi connectivity index (χ0v) is 19.5. The number of halogens is 1. The van der Waals surface area contributed by atoms with E-state index in [9.17, 15) is 4.39 Å². The monoisotopic (exact) mass is 479 g/mol. The van der Waals surface area contributed by atoms with Crippen LogP contribution in [-0.2, 0) is 9.47 Å². The molecule has 8 nitrogen and oxygen atoms in total. The first kappa shape index (κ1) is 24.2. The molecule has 0 spiro atoms. The molecule has 0 aliphatic heterocycles. The molecule has 182 valence electrons. The van der Waals surface area contributed by atoms with Gasteiger partial charge >= 0.3 is 0 Å². The molecule has 4 rings (SSSR count). The lowest BCUT2D eigenvalue weighted by atomic mass is 10.2. The Labute approximate surface area is 202 Å². The number of hydrogen-bond acceptors (Lipinski definition) is 8. The lowest BCUT2D eigenvalue weighted by Gasteiger charge is -2.15. The van der Waals surface area contributed by atoms with Gasteiger partial charge in [0.2, 0.25) is 0 Å². The Morgan fingerprint density at radius 3 is 2.17 bits per heavy atom. The number of anilines is 2. The average molecular weight is 480 g/mol. The number of aromatic nitrogens is 2. The normalized spacial score (nSPS) is 10.8. The Balaban J connectivity index is 1.59. The van der Waals surface area contributed by atoms with Gasteiger partial charge < -0.3 is 29.0 Å². The van der Waals surface area contributed by atoms with Gasteiger partial charge in [0.05, 0.1) is 18.7 Å². The molecule has 0 aliphatic rings. The molecular weight excluding hydrogens is 453 g/mol. The second-order valence-electron chi connectivity index (χ2n) is 7.41. The number of ether oxygens (including phenoxy) is 5. The molecular formula is C26H26FN3O5. The molecule has 1 aromatic heterocycles. The van der Waals surface area contributed by atoms with Gasteiger partial charge in [0.15, 0.2) is 23.1 Å². The summed E-state index contributed by atoms with van der Waals surface area (Å²) in [4.78, 5) is 8.70. The van der Waals surface area contributed by atoms with Gasteiger partial charge in [0.1, 0.15) is 31.1 Å². The van der Waals surface area contributed by atoms with Crippen molar-refractivity contribution >= 4 is 22.4 Å². The highest BCUT2D eigenvalue weighted by Crippen LogP contribution is 2.35. The van der Waals surface area contributed by atoms with Crippen LogP contribution in [0.15, 0.2) is 67.0 Å². The molecule has 0 saturated carbocycles. The number of benzene rings is 3. The van der Waals surface area contributed by atoms with Crippen molar-refractivity contribution in [1.82, 2.24) is 9.97 Å². The Hall–Kier alpha value is -3.95. The van der Waals surface area contributed by atoms with Crippen molar-refractivity contribution in [3.05, 3.63) is 72.8 Å². The van der Waals surface area contributed by atoms with E-state index in [4.69, 9.17) is 23.7 Å². The number of hydrogen-bond donors (Lipinski definition) is 1. The van der Waals surface area contributed by atoms with Gasteiger partial charge in [0.25, 0.3) is 0 Å². The van der Waals surface area contributed by atoms with E-state index in [1.165, 1.54) is 12.4 Å². The summed E-state index contributed by atoms with van der Waals surface area (Å²) in [7, 11) is 3.21. The smallest absolute Gasteiger partial charge is 0.167 e. The minimum absolute atomic E-state index is 0.126. The third-order valence-electron chi connectivity index (χ3n) is 4.96. The van der Waals surface area contributed by atoms with E-state index in [0.717, 1.165) is 0 Å². The molecule has 3 aromatic carbocycles. The maximum absolute atomic E-state index is 14.7. The summed E-state index contributed by atoms with van der Waals surface area (Å²) in [5, 5.41) is 3.84. The lowest BCUT2D eigenvalue weighted by Crippen LogP contribution is -2.09. The molecule has 9 heteroatoms. The fraction of sp³-hybridized carbons (Fsp3) is 0.231. The number of para-hydroxylation sites is 1. The first-order valence-corrected chi connectivity index (χ1v) is 11.0. The standard InChI is InChI=1S/C26H26FN3O5/c1-31-10-12-33-24-15-20-22(16-25(24)34-13-11-32-2)28-17-29-26(20)30-18-8-9-23(21(27)14-18)35-19-6-4-3-5-7-19/h3-9,14-17H,10-13H2,1-2H3,(H,28,29,30). The summed E-state index contributed by atoms with van der Waals surface area (Å²) >= 11 is 0. The zero-order valence-electron chi connectivity index (χ0n) is 19.5. The van der Waals surface area contributed by atoms with Gasteiger partial charge in [-0.05, 0) is 30.3 Å². The zero-order chi connectivity index (χ0) is 24.5.